The number of anilines is 2. The van der Waals surface area contributed by atoms with Gasteiger partial charge in [0.05, 0.1) is 6.61 Å². The van der Waals surface area contributed by atoms with Crippen LogP contribution in [-0.4, -0.2) is 24.4 Å². The predicted octanol–water partition coefficient (Wildman–Crippen LogP) is 3.55. The lowest BCUT2D eigenvalue weighted by atomic mass is 10.2. The van der Waals surface area contributed by atoms with Crippen molar-refractivity contribution >= 4 is 29.1 Å². The highest BCUT2D eigenvalue weighted by Crippen LogP contribution is 2.17. The molecule has 2 aromatic rings. The molecule has 0 aliphatic carbocycles. The summed E-state index contributed by atoms with van der Waals surface area (Å²) in [5, 5.41) is 3.23. The molecule has 5 heteroatoms. The highest BCUT2D eigenvalue weighted by Gasteiger charge is 2.19. The molecular formula is C18H22N2O2S. The van der Waals surface area contributed by atoms with Crippen LogP contribution in [0.25, 0.3) is 0 Å². The lowest BCUT2D eigenvalue weighted by molar-refractivity contribution is -0.143. The van der Waals surface area contributed by atoms with E-state index in [4.69, 9.17) is 10.5 Å². The number of carbonyl (C=O) groups is 1. The summed E-state index contributed by atoms with van der Waals surface area (Å²) in [5.74, 6) is 1.27. The smallest absolute Gasteiger partial charge is 0.329 e. The van der Waals surface area contributed by atoms with Crippen LogP contribution in [0.2, 0.25) is 0 Å². The second-order valence-corrected chi connectivity index (χ2v) is 6.10. The molecule has 122 valence electrons. The zero-order valence-corrected chi connectivity index (χ0v) is 14.0. The maximum absolute atomic E-state index is 12.1. The first kappa shape index (κ1) is 17.2. The third kappa shape index (κ3) is 5.87. The average molecular weight is 330 g/mol. The molecule has 0 fully saturated rings. The van der Waals surface area contributed by atoms with Crippen molar-refractivity contribution in [1.82, 2.24) is 0 Å². The number of nitrogen functional groups attached to an aromatic ring is 1. The fourth-order valence-electron chi connectivity index (χ4n) is 2.06. The van der Waals surface area contributed by atoms with E-state index in [1.54, 1.807) is 11.8 Å². The number of rotatable bonds is 8. The summed E-state index contributed by atoms with van der Waals surface area (Å²) >= 11 is 1.70. The van der Waals surface area contributed by atoms with Crippen LogP contribution >= 0.6 is 11.8 Å². The van der Waals surface area contributed by atoms with Crippen LogP contribution in [0.15, 0.2) is 54.6 Å². The highest BCUT2D eigenvalue weighted by molar-refractivity contribution is 7.98. The van der Waals surface area contributed by atoms with Crippen LogP contribution in [0.4, 0.5) is 11.4 Å². The number of nitrogens with two attached hydrogens (primary N) is 1. The Hall–Kier alpha value is -2.14. The van der Waals surface area contributed by atoms with Gasteiger partial charge in [0.2, 0.25) is 0 Å². The SMILES string of the molecule is CCOC(=O)C(CSCc1ccccc1)Nc1ccc(N)cc1. The number of hydrogen-bond acceptors (Lipinski definition) is 5. The van der Waals surface area contributed by atoms with Crippen LogP contribution in [-0.2, 0) is 15.3 Å². The van der Waals surface area contributed by atoms with Crippen molar-refractivity contribution < 1.29 is 9.53 Å². The third-order valence-corrected chi connectivity index (χ3v) is 4.33. The Labute approximate surface area is 141 Å². The molecule has 0 spiro atoms. The number of esters is 1. The summed E-state index contributed by atoms with van der Waals surface area (Å²) in [6.07, 6.45) is 0. The van der Waals surface area contributed by atoms with E-state index in [0.29, 0.717) is 18.0 Å². The molecule has 2 aromatic carbocycles. The van der Waals surface area contributed by atoms with E-state index in [1.807, 2.05) is 49.4 Å². The van der Waals surface area contributed by atoms with Crippen LogP contribution in [0.1, 0.15) is 12.5 Å². The molecule has 4 nitrogen and oxygen atoms in total. The molecule has 1 unspecified atom stereocenters. The van der Waals surface area contributed by atoms with Crippen molar-refractivity contribution in [2.45, 2.75) is 18.7 Å². The second kappa shape index (κ2) is 9.10. The van der Waals surface area contributed by atoms with E-state index in [-0.39, 0.29) is 12.0 Å². The van der Waals surface area contributed by atoms with Crippen LogP contribution in [0.3, 0.4) is 0 Å². The fraction of sp³-hybridized carbons (Fsp3) is 0.278. The predicted molar refractivity (Wildman–Crippen MR) is 97.5 cm³/mol. The summed E-state index contributed by atoms with van der Waals surface area (Å²) < 4.78 is 5.16. The van der Waals surface area contributed by atoms with Gasteiger partial charge in [0.15, 0.2) is 0 Å². The Bertz CT molecular complexity index is 602. The Morgan fingerprint density at radius 2 is 1.87 bits per heavy atom. The first-order valence-electron chi connectivity index (χ1n) is 7.59. The van der Waals surface area contributed by atoms with Crippen LogP contribution in [0.5, 0.6) is 0 Å². The first-order valence-corrected chi connectivity index (χ1v) is 8.75. The Morgan fingerprint density at radius 3 is 2.52 bits per heavy atom. The molecule has 0 heterocycles. The van der Waals surface area contributed by atoms with Gasteiger partial charge in [0.1, 0.15) is 6.04 Å². The molecule has 3 N–H and O–H groups in total. The van der Waals surface area contributed by atoms with E-state index in [1.165, 1.54) is 5.56 Å². The van der Waals surface area contributed by atoms with Gasteiger partial charge in [0.25, 0.3) is 0 Å². The number of hydrogen-bond donors (Lipinski definition) is 2. The van der Waals surface area contributed by atoms with Gasteiger partial charge in [-0.3, -0.25) is 0 Å². The molecule has 0 saturated heterocycles. The van der Waals surface area contributed by atoms with E-state index < -0.39 is 0 Å². The molecule has 0 aliphatic rings. The van der Waals surface area contributed by atoms with Crippen molar-refractivity contribution in [2.75, 3.05) is 23.4 Å². The zero-order valence-electron chi connectivity index (χ0n) is 13.2. The Morgan fingerprint density at radius 1 is 1.17 bits per heavy atom. The van der Waals surface area contributed by atoms with Crippen molar-refractivity contribution in [3.05, 3.63) is 60.2 Å². The number of carbonyl (C=O) groups excluding carboxylic acids is 1. The molecule has 1 atom stereocenters. The minimum Gasteiger partial charge on any atom is -0.464 e. The molecule has 0 bridgehead atoms. The lowest BCUT2D eigenvalue weighted by Crippen LogP contribution is -2.33. The fourth-order valence-corrected chi connectivity index (χ4v) is 3.06. The van der Waals surface area contributed by atoms with E-state index in [9.17, 15) is 4.79 Å². The normalized spacial score (nSPS) is 11.7. The molecule has 0 radical (unpaired) electrons. The van der Waals surface area contributed by atoms with Crippen molar-refractivity contribution in [1.29, 1.82) is 0 Å². The number of benzene rings is 2. The van der Waals surface area contributed by atoms with Crippen molar-refractivity contribution in [3.63, 3.8) is 0 Å². The maximum Gasteiger partial charge on any atom is 0.329 e. The number of thioether (sulfide) groups is 1. The Balaban J connectivity index is 1.93. The van der Waals surface area contributed by atoms with Crippen LogP contribution in [0, 0.1) is 0 Å². The van der Waals surface area contributed by atoms with Gasteiger partial charge in [0, 0.05) is 22.9 Å². The molecule has 0 aliphatic heterocycles. The zero-order chi connectivity index (χ0) is 16.5. The molecule has 0 aromatic heterocycles. The minimum absolute atomic E-state index is 0.232. The maximum atomic E-state index is 12.1. The summed E-state index contributed by atoms with van der Waals surface area (Å²) in [6, 6.07) is 17.2. The van der Waals surface area contributed by atoms with Crippen molar-refractivity contribution in [3.8, 4) is 0 Å². The topological polar surface area (TPSA) is 64.3 Å². The van der Waals surface area contributed by atoms with Gasteiger partial charge in [-0.25, -0.2) is 4.79 Å². The minimum atomic E-state index is -0.382. The summed E-state index contributed by atoms with van der Waals surface area (Å²) in [6.45, 7) is 2.19. The molecular weight excluding hydrogens is 308 g/mol. The molecule has 2 rings (SSSR count). The summed E-state index contributed by atoms with van der Waals surface area (Å²) in [7, 11) is 0. The first-order chi connectivity index (χ1) is 11.2. The molecule has 0 amide bonds. The van der Waals surface area contributed by atoms with E-state index in [0.717, 1.165) is 11.4 Å². The average Bonchev–Trinajstić information content (AvgIpc) is 2.57. The third-order valence-electron chi connectivity index (χ3n) is 3.22. The summed E-state index contributed by atoms with van der Waals surface area (Å²) in [4.78, 5) is 12.1. The standard InChI is InChI=1S/C18H22N2O2S/c1-2-22-18(21)17(20-16-10-8-15(19)9-11-16)13-23-12-14-6-4-3-5-7-14/h3-11,17,20H,2,12-13,19H2,1H3. The molecule has 0 saturated carbocycles. The van der Waals surface area contributed by atoms with Gasteiger partial charge in [-0.05, 0) is 36.8 Å². The quantitative estimate of drug-likeness (QED) is 0.572. The Kier molecular flexibility index (Phi) is 6.81. The highest BCUT2D eigenvalue weighted by atomic mass is 32.2. The largest absolute Gasteiger partial charge is 0.464 e. The molecule has 23 heavy (non-hydrogen) atoms. The number of nitrogens with one attached hydrogen (secondary N) is 1. The van der Waals surface area contributed by atoms with E-state index in [2.05, 4.69) is 17.4 Å². The monoisotopic (exact) mass is 330 g/mol. The van der Waals surface area contributed by atoms with Gasteiger partial charge in [-0.15, -0.1) is 0 Å². The van der Waals surface area contributed by atoms with Crippen molar-refractivity contribution in [2.24, 2.45) is 0 Å². The second-order valence-electron chi connectivity index (χ2n) is 5.07. The van der Waals surface area contributed by atoms with Gasteiger partial charge >= 0.3 is 5.97 Å². The lowest BCUT2D eigenvalue weighted by Gasteiger charge is -2.18. The van der Waals surface area contributed by atoms with Crippen LogP contribution < -0.4 is 11.1 Å². The summed E-state index contributed by atoms with van der Waals surface area (Å²) in [5.41, 5.74) is 8.48. The van der Waals surface area contributed by atoms with Gasteiger partial charge in [-0.2, -0.15) is 11.8 Å². The van der Waals surface area contributed by atoms with Gasteiger partial charge in [-0.1, -0.05) is 30.3 Å². The van der Waals surface area contributed by atoms with E-state index >= 15 is 0 Å². The van der Waals surface area contributed by atoms with Gasteiger partial charge < -0.3 is 15.8 Å². The number of ether oxygens (including phenoxy) is 1.